The quantitative estimate of drug-likeness (QED) is 0.618. The SMILES string of the molecule is Cc1cc2c(cc1C)SC(C)S2. The lowest BCUT2D eigenvalue weighted by molar-refractivity contribution is 1.18. The summed E-state index contributed by atoms with van der Waals surface area (Å²) < 4.78 is 0.696. The molecule has 12 heavy (non-hydrogen) atoms. The number of thioether (sulfide) groups is 2. The van der Waals surface area contributed by atoms with Crippen LogP contribution in [0, 0.1) is 13.8 Å². The van der Waals surface area contributed by atoms with E-state index in [-0.39, 0.29) is 0 Å². The zero-order chi connectivity index (χ0) is 8.72. The first-order valence-corrected chi connectivity index (χ1v) is 5.87. The molecule has 1 heterocycles. The average molecular weight is 196 g/mol. The summed E-state index contributed by atoms with van der Waals surface area (Å²) in [7, 11) is 0. The summed E-state index contributed by atoms with van der Waals surface area (Å²) in [6.07, 6.45) is 0. The van der Waals surface area contributed by atoms with Crippen LogP contribution in [0.15, 0.2) is 21.9 Å². The molecule has 0 bridgehead atoms. The molecule has 0 N–H and O–H groups in total. The maximum atomic E-state index is 2.31. The van der Waals surface area contributed by atoms with E-state index >= 15 is 0 Å². The molecule has 0 radical (unpaired) electrons. The minimum atomic E-state index is 0.696. The van der Waals surface area contributed by atoms with Gasteiger partial charge in [0.2, 0.25) is 0 Å². The summed E-state index contributed by atoms with van der Waals surface area (Å²) in [5.41, 5.74) is 2.83. The summed E-state index contributed by atoms with van der Waals surface area (Å²) in [5.74, 6) is 0. The standard InChI is InChI=1S/C10H12S2/c1-6-4-9-10(5-7(6)2)12-8(3)11-9/h4-5,8H,1-3H3. The van der Waals surface area contributed by atoms with Crippen molar-refractivity contribution in [3.63, 3.8) is 0 Å². The largest absolute Gasteiger partial charge is 0.111 e. The summed E-state index contributed by atoms with van der Waals surface area (Å²) in [6, 6.07) is 4.62. The van der Waals surface area contributed by atoms with Crippen LogP contribution in [0.25, 0.3) is 0 Å². The Hall–Kier alpha value is -0.0800. The van der Waals surface area contributed by atoms with Gasteiger partial charge < -0.3 is 0 Å². The van der Waals surface area contributed by atoms with Gasteiger partial charge in [-0.2, -0.15) is 0 Å². The lowest BCUT2D eigenvalue weighted by Crippen LogP contribution is -1.81. The normalized spacial score (nSPS) is 16.6. The first-order chi connectivity index (χ1) is 5.66. The van der Waals surface area contributed by atoms with Crippen LogP contribution in [0.5, 0.6) is 0 Å². The highest BCUT2D eigenvalue weighted by atomic mass is 32.2. The third-order valence-electron chi connectivity index (χ3n) is 2.15. The van der Waals surface area contributed by atoms with Gasteiger partial charge in [0.1, 0.15) is 0 Å². The number of aryl methyl sites for hydroxylation is 2. The average Bonchev–Trinajstić information content (AvgIpc) is 2.30. The van der Waals surface area contributed by atoms with Crippen LogP contribution in [0.3, 0.4) is 0 Å². The molecular formula is C10H12S2. The number of rotatable bonds is 0. The molecule has 0 amide bonds. The summed E-state index contributed by atoms with van der Waals surface area (Å²) in [5, 5.41) is 0. The van der Waals surface area contributed by atoms with Crippen LogP contribution in [0.4, 0.5) is 0 Å². The predicted octanol–water partition coefficient (Wildman–Crippen LogP) is 3.85. The van der Waals surface area contributed by atoms with E-state index in [0.29, 0.717) is 4.58 Å². The van der Waals surface area contributed by atoms with Crippen molar-refractivity contribution in [3.05, 3.63) is 23.3 Å². The molecule has 0 atom stereocenters. The molecule has 1 aliphatic rings. The highest BCUT2D eigenvalue weighted by molar-refractivity contribution is 8.19. The Morgan fingerprint density at radius 2 is 1.42 bits per heavy atom. The molecule has 0 spiro atoms. The van der Waals surface area contributed by atoms with Crippen molar-refractivity contribution < 1.29 is 0 Å². The summed E-state index contributed by atoms with van der Waals surface area (Å²) >= 11 is 3.95. The fourth-order valence-electron chi connectivity index (χ4n) is 1.33. The van der Waals surface area contributed by atoms with Crippen LogP contribution < -0.4 is 0 Å². The minimum Gasteiger partial charge on any atom is -0.111 e. The fourth-order valence-corrected chi connectivity index (χ4v) is 3.99. The molecule has 0 aliphatic carbocycles. The van der Waals surface area contributed by atoms with Crippen LogP contribution in [0.1, 0.15) is 18.1 Å². The van der Waals surface area contributed by atoms with Gasteiger partial charge in [-0.1, -0.05) is 0 Å². The third kappa shape index (κ3) is 1.38. The van der Waals surface area contributed by atoms with Crippen LogP contribution >= 0.6 is 23.5 Å². The van der Waals surface area contributed by atoms with Crippen molar-refractivity contribution in [1.29, 1.82) is 0 Å². The smallest absolute Gasteiger partial charge is 0.0569 e. The van der Waals surface area contributed by atoms with Gasteiger partial charge in [0, 0.05) is 9.79 Å². The molecule has 1 aromatic carbocycles. The molecule has 1 aromatic rings. The van der Waals surface area contributed by atoms with E-state index in [9.17, 15) is 0 Å². The second-order valence-corrected chi connectivity index (χ2v) is 6.25. The molecule has 0 nitrogen and oxygen atoms in total. The van der Waals surface area contributed by atoms with Gasteiger partial charge in [-0.25, -0.2) is 0 Å². The highest BCUT2D eigenvalue weighted by Crippen LogP contribution is 2.48. The predicted molar refractivity (Wildman–Crippen MR) is 57.1 cm³/mol. The Labute approximate surface area is 82.1 Å². The highest BCUT2D eigenvalue weighted by Gasteiger charge is 2.19. The van der Waals surface area contributed by atoms with Gasteiger partial charge in [-0.05, 0) is 44.0 Å². The van der Waals surface area contributed by atoms with Crippen molar-refractivity contribution >= 4 is 23.5 Å². The van der Waals surface area contributed by atoms with E-state index in [2.05, 4.69) is 32.9 Å². The molecule has 0 fully saturated rings. The van der Waals surface area contributed by atoms with Gasteiger partial charge >= 0.3 is 0 Å². The van der Waals surface area contributed by atoms with E-state index in [4.69, 9.17) is 0 Å². The number of hydrogen-bond acceptors (Lipinski definition) is 2. The van der Waals surface area contributed by atoms with Gasteiger partial charge in [-0.15, -0.1) is 23.5 Å². The maximum absolute atomic E-state index is 2.31. The number of hydrogen-bond donors (Lipinski definition) is 0. The Morgan fingerprint density at radius 3 is 1.83 bits per heavy atom. The molecule has 64 valence electrons. The van der Waals surface area contributed by atoms with Gasteiger partial charge in [0.25, 0.3) is 0 Å². The van der Waals surface area contributed by atoms with E-state index in [1.807, 2.05) is 23.5 Å². The Balaban J connectivity index is 2.48. The van der Waals surface area contributed by atoms with Crippen molar-refractivity contribution in [1.82, 2.24) is 0 Å². The fraction of sp³-hybridized carbons (Fsp3) is 0.400. The first kappa shape index (κ1) is 8.52. The van der Waals surface area contributed by atoms with Gasteiger partial charge in [-0.3, -0.25) is 0 Å². The van der Waals surface area contributed by atoms with Crippen molar-refractivity contribution in [2.24, 2.45) is 0 Å². The van der Waals surface area contributed by atoms with Gasteiger partial charge in [0.05, 0.1) is 4.58 Å². The van der Waals surface area contributed by atoms with Gasteiger partial charge in [0.15, 0.2) is 0 Å². The van der Waals surface area contributed by atoms with Crippen molar-refractivity contribution in [3.8, 4) is 0 Å². The summed E-state index contributed by atoms with van der Waals surface area (Å²) in [6.45, 7) is 6.63. The van der Waals surface area contributed by atoms with Crippen molar-refractivity contribution in [2.45, 2.75) is 35.1 Å². The lowest BCUT2D eigenvalue weighted by atomic mass is 10.1. The first-order valence-electron chi connectivity index (χ1n) is 4.11. The number of fused-ring (bicyclic) bond motifs is 1. The topological polar surface area (TPSA) is 0 Å². The second-order valence-electron chi connectivity index (χ2n) is 3.19. The Bertz CT molecular complexity index is 287. The molecule has 0 aromatic heterocycles. The monoisotopic (exact) mass is 196 g/mol. The van der Waals surface area contributed by atoms with Crippen LogP contribution in [-0.2, 0) is 0 Å². The number of benzene rings is 1. The zero-order valence-corrected chi connectivity index (χ0v) is 9.18. The third-order valence-corrected chi connectivity index (χ3v) is 4.70. The molecule has 2 heteroatoms. The van der Waals surface area contributed by atoms with Crippen LogP contribution in [0.2, 0.25) is 0 Å². The van der Waals surface area contributed by atoms with Crippen molar-refractivity contribution in [2.75, 3.05) is 0 Å². The molecule has 0 saturated carbocycles. The molecule has 0 saturated heterocycles. The Morgan fingerprint density at radius 1 is 1.00 bits per heavy atom. The molecule has 0 unspecified atom stereocenters. The van der Waals surface area contributed by atoms with E-state index < -0.39 is 0 Å². The molecule has 2 rings (SSSR count). The van der Waals surface area contributed by atoms with E-state index in [0.717, 1.165) is 0 Å². The maximum Gasteiger partial charge on any atom is 0.0569 e. The van der Waals surface area contributed by atoms with E-state index in [1.54, 1.807) is 0 Å². The minimum absolute atomic E-state index is 0.696. The van der Waals surface area contributed by atoms with E-state index in [1.165, 1.54) is 20.9 Å². The summed E-state index contributed by atoms with van der Waals surface area (Å²) in [4.78, 5) is 2.94. The lowest BCUT2D eigenvalue weighted by Gasteiger charge is -2.02. The molecular weight excluding hydrogens is 184 g/mol. The second kappa shape index (κ2) is 3.00. The Kier molecular flexibility index (Phi) is 2.13. The van der Waals surface area contributed by atoms with Crippen LogP contribution in [-0.4, -0.2) is 4.58 Å². The zero-order valence-electron chi connectivity index (χ0n) is 7.55. The molecule has 1 aliphatic heterocycles.